The number of hydrogen-bond acceptors (Lipinski definition) is 4. The van der Waals surface area contributed by atoms with Crippen molar-refractivity contribution >= 4 is 52.9 Å². The first kappa shape index (κ1) is 13.3. The van der Waals surface area contributed by atoms with Gasteiger partial charge in [0, 0.05) is 0 Å². The van der Waals surface area contributed by atoms with Gasteiger partial charge in [0.25, 0.3) is 0 Å². The predicted molar refractivity (Wildman–Crippen MR) is 60.2 cm³/mol. The molecule has 76 valence electrons. The molecule has 0 spiro atoms. The van der Waals surface area contributed by atoms with Crippen molar-refractivity contribution in [1.29, 1.82) is 5.41 Å². The topological polar surface area (TPSA) is 99.0 Å². The number of rotatable bonds is 3. The molecule has 6 nitrogen and oxygen atoms in total. The van der Waals surface area contributed by atoms with Crippen LogP contribution in [-0.4, -0.2) is 52.9 Å². The molecular weight excluding hydrogens is 314 g/mol. The Labute approximate surface area is 98.6 Å². The van der Waals surface area contributed by atoms with Crippen LogP contribution in [0, 0.1) is 5.41 Å². The molecule has 0 heterocycles. The number of amidine groups is 2. The van der Waals surface area contributed by atoms with E-state index in [0.29, 0.717) is 11.4 Å². The van der Waals surface area contributed by atoms with Gasteiger partial charge in [0.05, 0.1) is 0 Å². The van der Waals surface area contributed by atoms with Gasteiger partial charge in [-0.15, -0.1) is 0 Å². The van der Waals surface area contributed by atoms with Gasteiger partial charge in [0.15, 0.2) is 0 Å². The van der Waals surface area contributed by atoms with Gasteiger partial charge in [-0.3, -0.25) is 0 Å². The minimum absolute atomic E-state index is 0.143. The van der Waals surface area contributed by atoms with Crippen LogP contribution in [0.1, 0.15) is 13.8 Å². The molecule has 0 amide bonds. The van der Waals surface area contributed by atoms with Gasteiger partial charge in [0.1, 0.15) is 0 Å². The van der Waals surface area contributed by atoms with Gasteiger partial charge in [0.2, 0.25) is 0 Å². The van der Waals surface area contributed by atoms with Crippen LogP contribution < -0.4 is 11.2 Å². The zero-order valence-electron chi connectivity index (χ0n) is 7.74. The summed E-state index contributed by atoms with van der Waals surface area (Å²) < 4.78 is 0.408. The fourth-order valence-corrected chi connectivity index (χ4v) is 0.594. The van der Waals surface area contributed by atoms with Crippen LogP contribution in [0.3, 0.4) is 0 Å². The third kappa shape index (κ3) is 6.79. The Morgan fingerprint density at radius 1 is 1.21 bits per heavy atom. The second kappa shape index (κ2) is 6.73. The Morgan fingerprint density at radius 3 is 2.21 bits per heavy atom. The molecule has 0 saturated heterocycles. The van der Waals surface area contributed by atoms with Crippen LogP contribution in [0.4, 0.5) is 0 Å². The predicted octanol–water partition coefficient (Wildman–Crippen LogP) is -1.09. The van der Waals surface area contributed by atoms with Gasteiger partial charge in [-0.2, -0.15) is 0 Å². The first-order valence-electron chi connectivity index (χ1n) is 3.54. The van der Waals surface area contributed by atoms with Crippen LogP contribution in [-0.2, 0) is 0 Å². The molecule has 0 aliphatic heterocycles. The fourth-order valence-electron chi connectivity index (χ4n) is 0.412. The van der Waals surface area contributed by atoms with Crippen LogP contribution >= 0.6 is 0 Å². The molecule has 0 aromatic rings. The molecule has 0 aromatic heterocycles. The number of nitrogens with one attached hydrogen (secondary N) is 2. The molecule has 0 rings (SSSR count). The summed E-state index contributed by atoms with van der Waals surface area (Å²) in [6.07, 6.45) is 0. The Kier molecular flexibility index (Phi) is 6.40. The molecule has 0 aliphatic rings. The zero-order valence-corrected chi connectivity index (χ0v) is 11.2. The number of nitrogens with zero attached hydrogens (tertiary/aromatic N) is 3. The Balaban J connectivity index is 4.45. The first-order valence-corrected chi connectivity index (χ1v) is 5.25. The van der Waals surface area contributed by atoms with Crippen molar-refractivity contribution in [3.63, 3.8) is 0 Å². The van der Waals surface area contributed by atoms with Gasteiger partial charge >= 0.3 is 98.6 Å². The Bertz CT molecular complexity index is 301. The van der Waals surface area contributed by atoms with Gasteiger partial charge < -0.3 is 0 Å². The molecule has 4 N–H and O–H groups in total. The van der Waals surface area contributed by atoms with E-state index in [9.17, 15) is 0 Å². The summed E-state index contributed by atoms with van der Waals surface area (Å²) in [6, 6.07) is 0. The minimum atomic E-state index is 0.143. The maximum absolute atomic E-state index is 7.03. The van der Waals surface area contributed by atoms with E-state index < -0.39 is 0 Å². The van der Waals surface area contributed by atoms with Crippen molar-refractivity contribution in [3.05, 3.63) is 0 Å². The summed E-state index contributed by atoms with van der Waals surface area (Å²) >= 11 is 4.97. The van der Waals surface area contributed by atoms with Crippen molar-refractivity contribution < 1.29 is 0 Å². The molecule has 0 aromatic carbocycles. The third-order valence-electron chi connectivity index (χ3n) is 1.15. The molecule has 0 bridgehead atoms. The first-order chi connectivity index (χ1) is 6.43. The van der Waals surface area contributed by atoms with E-state index in [1.165, 1.54) is 0 Å². The van der Waals surface area contributed by atoms with Crippen LogP contribution in [0.2, 0.25) is 0 Å². The Morgan fingerprint density at radius 2 is 1.79 bits per heavy atom. The van der Waals surface area contributed by atoms with Crippen molar-refractivity contribution in [3.8, 4) is 0 Å². The maximum atomic E-state index is 7.03. The summed E-state index contributed by atoms with van der Waals surface area (Å²) in [5.74, 6) is 0. The summed E-state index contributed by atoms with van der Waals surface area (Å²) in [5, 5.41) is 18.3. The standard InChI is InChI=1S/C6H10N6Se2/c1-3(9-11-5(7)13)4(2)10-12-6(8)14/h1-2H3,(H2,7,11)(H2,8,12)/b9-3+,10-4+. The number of nitrogens with two attached hydrogens (primary N) is 1. The monoisotopic (exact) mass is 326 g/mol. The summed E-state index contributed by atoms with van der Waals surface area (Å²) in [6.45, 7) is 3.50. The van der Waals surface area contributed by atoms with E-state index in [-0.39, 0.29) is 9.47 Å². The summed E-state index contributed by atoms with van der Waals surface area (Å²) in [7, 11) is 0. The van der Waals surface area contributed by atoms with E-state index in [4.69, 9.17) is 11.1 Å². The van der Waals surface area contributed by atoms with Gasteiger partial charge in [-0.05, 0) is 0 Å². The molecule has 14 heavy (non-hydrogen) atoms. The SMILES string of the molecule is CC(=N\N=C(\N)[Se])/C(C)=N/NC(=N)[Se]. The van der Waals surface area contributed by atoms with Gasteiger partial charge in [-0.25, -0.2) is 0 Å². The van der Waals surface area contributed by atoms with E-state index in [0.717, 1.165) is 0 Å². The van der Waals surface area contributed by atoms with Crippen molar-refractivity contribution in [1.82, 2.24) is 5.43 Å². The average Bonchev–Trinajstić information content (AvgIpc) is 2.09. The fraction of sp³-hybridized carbons (Fsp3) is 0.333. The average molecular weight is 324 g/mol. The number of hydrazone groups is 1. The van der Waals surface area contributed by atoms with Crippen LogP contribution in [0.15, 0.2) is 15.3 Å². The molecule has 0 fully saturated rings. The van der Waals surface area contributed by atoms with E-state index in [1.54, 1.807) is 13.8 Å². The van der Waals surface area contributed by atoms with Crippen molar-refractivity contribution in [2.45, 2.75) is 13.8 Å². The molecule has 0 atom stereocenters. The zero-order chi connectivity index (χ0) is 11.1. The molecule has 0 unspecified atom stereocenters. The molecule has 0 aliphatic carbocycles. The van der Waals surface area contributed by atoms with Crippen molar-refractivity contribution in [2.24, 2.45) is 21.0 Å². The van der Waals surface area contributed by atoms with Crippen molar-refractivity contribution in [2.75, 3.05) is 0 Å². The summed E-state index contributed by atoms with van der Waals surface area (Å²) in [5.41, 5.74) is 8.97. The Hall–Kier alpha value is -0.681. The van der Waals surface area contributed by atoms with E-state index in [2.05, 4.69) is 52.8 Å². The normalized spacial score (nSPS) is 14.0. The summed E-state index contributed by atoms with van der Waals surface area (Å²) in [4.78, 5) is 0. The molecule has 8 heteroatoms. The van der Waals surface area contributed by atoms with E-state index in [1.807, 2.05) is 0 Å². The van der Waals surface area contributed by atoms with Gasteiger partial charge in [-0.1, -0.05) is 0 Å². The van der Waals surface area contributed by atoms with E-state index >= 15 is 0 Å². The third-order valence-corrected chi connectivity index (χ3v) is 1.51. The second-order valence-electron chi connectivity index (χ2n) is 2.26. The number of hydrogen-bond donors (Lipinski definition) is 3. The van der Waals surface area contributed by atoms with Crippen LogP contribution in [0.5, 0.6) is 0 Å². The van der Waals surface area contributed by atoms with Crippen LogP contribution in [0.25, 0.3) is 0 Å². The quantitative estimate of drug-likeness (QED) is 0.266. The second-order valence-corrected chi connectivity index (χ2v) is 4.00. The molecule has 0 saturated carbocycles. The molecular formula is C6H10N6Se2. The molecule has 2 radical (unpaired) electrons.